The Morgan fingerprint density at radius 1 is 1.33 bits per heavy atom. The van der Waals surface area contributed by atoms with Gasteiger partial charge in [0.05, 0.1) is 12.9 Å². The molecular weight excluding hydrogens is 272 g/mol. The van der Waals surface area contributed by atoms with Gasteiger partial charge in [-0.05, 0) is 17.7 Å². The largest absolute Gasteiger partial charge is 0.399 e. The first-order valence-corrected chi connectivity index (χ1v) is 6.18. The topological polar surface area (TPSA) is 144 Å². The van der Waals surface area contributed by atoms with Crippen molar-refractivity contribution in [2.24, 2.45) is 5.73 Å². The molecule has 0 radical (unpaired) electrons. The Hall–Kier alpha value is -3.03. The summed E-state index contributed by atoms with van der Waals surface area (Å²) in [5.74, 6) is -0.347. The molecule has 2 aromatic rings. The summed E-state index contributed by atoms with van der Waals surface area (Å²) in [5.41, 5.74) is 17.6. The maximum absolute atomic E-state index is 11.6. The van der Waals surface area contributed by atoms with Crippen molar-refractivity contribution in [3.63, 3.8) is 0 Å². The number of H-pyrrole nitrogens is 1. The van der Waals surface area contributed by atoms with Gasteiger partial charge in [0.15, 0.2) is 5.82 Å². The van der Waals surface area contributed by atoms with Crippen molar-refractivity contribution in [1.29, 1.82) is 0 Å². The standard InChI is InChI=1S/C13H16N6O2/c14-9-3-1-2-8(4-9)5-19(6-10(15)20)12-11(16)13(21)18-7-17-12/h1-4,7H,5-6,14,16H2,(H2,15,20)(H,17,18,21). The second kappa shape index (κ2) is 5.95. The number of primary amides is 1. The second-order valence-electron chi connectivity index (χ2n) is 4.54. The van der Waals surface area contributed by atoms with Crippen LogP contribution in [0, 0.1) is 0 Å². The average Bonchev–Trinajstić information content (AvgIpc) is 2.41. The third kappa shape index (κ3) is 3.50. The Morgan fingerprint density at radius 2 is 2.10 bits per heavy atom. The summed E-state index contributed by atoms with van der Waals surface area (Å²) in [7, 11) is 0. The Bertz CT molecular complexity index is 712. The molecule has 0 aliphatic rings. The lowest BCUT2D eigenvalue weighted by atomic mass is 10.2. The molecule has 2 rings (SSSR count). The van der Waals surface area contributed by atoms with E-state index in [0.29, 0.717) is 12.2 Å². The molecule has 0 aliphatic carbocycles. The number of amides is 1. The lowest BCUT2D eigenvalue weighted by Gasteiger charge is -2.23. The Balaban J connectivity index is 2.36. The molecule has 0 unspecified atom stereocenters. The quantitative estimate of drug-likeness (QED) is 0.542. The molecule has 1 amide bonds. The van der Waals surface area contributed by atoms with E-state index in [2.05, 4.69) is 9.97 Å². The van der Waals surface area contributed by atoms with Gasteiger partial charge in [0.1, 0.15) is 5.69 Å². The molecule has 21 heavy (non-hydrogen) atoms. The highest BCUT2D eigenvalue weighted by Gasteiger charge is 2.16. The number of nitrogen functional groups attached to an aromatic ring is 2. The van der Waals surface area contributed by atoms with Crippen LogP contribution in [0.3, 0.4) is 0 Å². The molecule has 1 aromatic carbocycles. The molecule has 8 nitrogen and oxygen atoms in total. The molecule has 7 N–H and O–H groups in total. The number of nitrogens with zero attached hydrogens (tertiary/aromatic N) is 2. The number of aromatic amines is 1. The van der Waals surface area contributed by atoms with Crippen LogP contribution in [0.1, 0.15) is 5.56 Å². The van der Waals surface area contributed by atoms with Gasteiger partial charge in [-0.25, -0.2) is 4.98 Å². The number of rotatable bonds is 5. The molecule has 0 atom stereocenters. The van der Waals surface area contributed by atoms with E-state index < -0.39 is 11.5 Å². The van der Waals surface area contributed by atoms with Crippen molar-refractivity contribution < 1.29 is 4.79 Å². The van der Waals surface area contributed by atoms with Gasteiger partial charge in [-0.2, -0.15) is 0 Å². The summed E-state index contributed by atoms with van der Waals surface area (Å²) in [4.78, 5) is 30.7. The molecule has 1 aromatic heterocycles. The normalized spacial score (nSPS) is 10.3. The van der Waals surface area contributed by atoms with E-state index in [1.165, 1.54) is 11.2 Å². The number of anilines is 3. The molecule has 0 bridgehead atoms. The fourth-order valence-electron chi connectivity index (χ4n) is 1.96. The van der Waals surface area contributed by atoms with Crippen molar-refractivity contribution in [3.8, 4) is 0 Å². The van der Waals surface area contributed by atoms with Crippen molar-refractivity contribution >= 4 is 23.1 Å². The van der Waals surface area contributed by atoms with Crippen molar-refractivity contribution in [3.05, 3.63) is 46.5 Å². The molecule has 8 heteroatoms. The number of benzene rings is 1. The predicted molar refractivity (Wildman–Crippen MR) is 80.4 cm³/mol. The van der Waals surface area contributed by atoms with E-state index in [9.17, 15) is 9.59 Å². The van der Waals surface area contributed by atoms with Crippen molar-refractivity contribution in [2.75, 3.05) is 22.9 Å². The van der Waals surface area contributed by atoms with Gasteiger partial charge in [-0.15, -0.1) is 0 Å². The van der Waals surface area contributed by atoms with Crippen LogP contribution < -0.4 is 27.7 Å². The van der Waals surface area contributed by atoms with E-state index in [1.54, 1.807) is 18.2 Å². The summed E-state index contributed by atoms with van der Waals surface area (Å²) in [5, 5.41) is 0. The smallest absolute Gasteiger partial charge is 0.276 e. The minimum atomic E-state index is -0.555. The van der Waals surface area contributed by atoms with Crippen LogP contribution in [0.5, 0.6) is 0 Å². The van der Waals surface area contributed by atoms with Crippen molar-refractivity contribution in [2.45, 2.75) is 6.54 Å². The average molecular weight is 288 g/mol. The lowest BCUT2D eigenvalue weighted by molar-refractivity contribution is -0.116. The van der Waals surface area contributed by atoms with E-state index in [-0.39, 0.29) is 18.1 Å². The first-order valence-electron chi connectivity index (χ1n) is 6.18. The first kappa shape index (κ1) is 14.4. The maximum atomic E-state index is 11.6. The highest BCUT2D eigenvalue weighted by molar-refractivity contribution is 5.80. The minimum Gasteiger partial charge on any atom is -0.399 e. The summed E-state index contributed by atoms with van der Waals surface area (Å²) < 4.78 is 0. The molecule has 0 fully saturated rings. The highest BCUT2D eigenvalue weighted by Crippen LogP contribution is 2.18. The zero-order valence-corrected chi connectivity index (χ0v) is 11.2. The maximum Gasteiger partial charge on any atom is 0.276 e. The second-order valence-corrected chi connectivity index (χ2v) is 4.54. The van der Waals surface area contributed by atoms with Gasteiger partial charge in [-0.1, -0.05) is 12.1 Å². The summed E-state index contributed by atoms with van der Waals surface area (Å²) in [6.45, 7) is 0.185. The molecule has 0 aliphatic heterocycles. The van der Waals surface area contributed by atoms with Gasteiger partial charge in [-0.3, -0.25) is 9.59 Å². The summed E-state index contributed by atoms with van der Waals surface area (Å²) in [6, 6.07) is 7.15. The first-order chi connectivity index (χ1) is 9.97. The van der Waals surface area contributed by atoms with Crippen LogP contribution in [0.4, 0.5) is 17.2 Å². The van der Waals surface area contributed by atoms with Gasteiger partial charge >= 0.3 is 0 Å². The highest BCUT2D eigenvalue weighted by atomic mass is 16.1. The summed E-state index contributed by atoms with van der Waals surface area (Å²) >= 11 is 0. The Kier molecular flexibility index (Phi) is 4.07. The van der Waals surface area contributed by atoms with E-state index in [4.69, 9.17) is 17.2 Å². The van der Waals surface area contributed by atoms with Crippen LogP contribution in [-0.4, -0.2) is 22.4 Å². The fourth-order valence-corrected chi connectivity index (χ4v) is 1.96. The predicted octanol–water partition coefficient (Wildman–Crippen LogP) is -0.574. The van der Waals surface area contributed by atoms with E-state index >= 15 is 0 Å². The molecule has 0 saturated heterocycles. The number of hydrogen-bond donors (Lipinski definition) is 4. The van der Waals surface area contributed by atoms with Crippen LogP contribution in [0.25, 0.3) is 0 Å². The number of carbonyl (C=O) groups excluding carboxylic acids is 1. The van der Waals surface area contributed by atoms with Crippen LogP contribution in [0.15, 0.2) is 35.4 Å². The third-order valence-corrected chi connectivity index (χ3v) is 2.84. The fraction of sp³-hybridized carbons (Fsp3) is 0.154. The zero-order chi connectivity index (χ0) is 15.4. The monoisotopic (exact) mass is 288 g/mol. The van der Waals surface area contributed by atoms with Crippen molar-refractivity contribution in [1.82, 2.24) is 9.97 Å². The molecule has 1 heterocycles. The Morgan fingerprint density at radius 3 is 2.76 bits per heavy atom. The third-order valence-electron chi connectivity index (χ3n) is 2.84. The molecule has 0 spiro atoms. The van der Waals surface area contributed by atoms with E-state index in [0.717, 1.165) is 5.56 Å². The van der Waals surface area contributed by atoms with Gasteiger partial charge < -0.3 is 27.1 Å². The number of nitrogens with two attached hydrogens (primary N) is 3. The zero-order valence-electron chi connectivity index (χ0n) is 11.2. The molecule has 110 valence electrons. The summed E-state index contributed by atoms with van der Waals surface area (Å²) in [6.07, 6.45) is 1.22. The van der Waals surface area contributed by atoms with E-state index in [1.807, 2.05) is 6.07 Å². The van der Waals surface area contributed by atoms with Crippen LogP contribution >= 0.6 is 0 Å². The van der Waals surface area contributed by atoms with Gasteiger partial charge in [0, 0.05) is 12.2 Å². The van der Waals surface area contributed by atoms with Gasteiger partial charge in [0.25, 0.3) is 5.56 Å². The Labute approximate surface area is 120 Å². The number of carbonyl (C=O) groups is 1. The number of aromatic nitrogens is 2. The minimum absolute atomic E-state index is 0.0670. The van der Waals surface area contributed by atoms with Crippen LogP contribution in [0.2, 0.25) is 0 Å². The molecule has 0 saturated carbocycles. The lowest BCUT2D eigenvalue weighted by Crippen LogP contribution is -2.35. The van der Waals surface area contributed by atoms with Gasteiger partial charge in [0.2, 0.25) is 5.91 Å². The SMILES string of the molecule is NC(=O)CN(Cc1cccc(N)c1)c1nc[nH]c(=O)c1N. The number of hydrogen-bond acceptors (Lipinski definition) is 6. The molecular formula is C13H16N6O2. The number of nitrogens with one attached hydrogen (secondary N) is 1. The van der Waals surface area contributed by atoms with Crippen LogP contribution in [-0.2, 0) is 11.3 Å².